The quantitative estimate of drug-likeness (QED) is 0.892. The predicted octanol–water partition coefficient (Wildman–Crippen LogP) is 0.998. The summed E-state index contributed by atoms with van der Waals surface area (Å²) in [7, 11) is 0. The summed E-state index contributed by atoms with van der Waals surface area (Å²) in [5.41, 5.74) is 1.93. The maximum Gasteiger partial charge on any atom is 0.250 e. The molecule has 1 aliphatic heterocycles. The van der Waals surface area contributed by atoms with Crippen molar-refractivity contribution in [3.8, 4) is 0 Å². The van der Waals surface area contributed by atoms with Crippen LogP contribution in [0.15, 0.2) is 41.7 Å². The van der Waals surface area contributed by atoms with E-state index >= 15 is 0 Å². The molecule has 116 valence electrons. The van der Waals surface area contributed by atoms with Gasteiger partial charge in [0.1, 0.15) is 0 Å². The Morgan fingerprint density at radius 3 is 3.23 bits per heavy atom. The minimum atomic E-state index is -0.104. The number of hydrogen-bond donors (Lipinski definition) is 1. The molecule has 3 rings (SSSR count). The van der Waals surface area contributed by atoms with E-state index in [9.17, 15) is 4.79 Å². The van der Waals surface area contributed by atoms with Gasteiger partial charge in [-0.3, -0.25) is 14.7 Å². The molecule has 0 amide bonds. The van der Waals surface area contributed by atoms with Crippen molar-refractivity contribution < 1.29 is 4.74 Å². The number of H-pyrrole nitrogens is 1. The molecule has 22 heavy (non-hydrogen) atoms. The number of aryl methyl sites for hydroxylation is 1. The van der Waals surface area contributed by atoms with Crippen LogP contribution in [0.4, 0.5) is 0 Å². The summed E-state index contributed by atoms with van der Waals surface area (Å²) in [4.78, 5) is 24.5. The molecule has 0 radical (unpaired) electrons. The number of morpholine rings is 1. The first-order chi connectivity index (χ1) is 10.8. The second-order valence-corrected chi connectivity index (χ2v) is 5.53. The van der Waals surface area contributed by atoms with Crippen LogP contribution >= 0.6 is 0 Å². The van der Waals surface area contributed by atoms with Crippen molar-refractivity contribution in [2.75, 3.05) is 19.7 Å². The molecule has 2 aromatic heterocycles. The Hall–Kier alpha value is -2.05. The number of pyridine rings is 1. The molecule has 0 spiro atoms. The third kappa shape index (κ3) is 4.22. The lowest BCUT2D eigenvalue weighted by Crippen LogP contribution is -2.42. The first kappa shape index (κ1) is 14.9. The molecule has 1 N–H and O–H groups in total. The monoisotopic (exact) mass is 300 g/mol. The highest BCUT2D eigenvalue weighted by Crippen LogP contribution is 2.13. The van der Waals surface area contributed by atoms with Gasteiger partial charge in [-0.05, 0) is 24.5 Å². The van der Waals surface area contributed by atoms with Crippen molar-refractivity contribution in [3.05, 3.63) is 58.5 Å². The van der Waals surface area contributed by atoms with Gasteiger partial charge in [0.05, 0.1) is 19.0 Å². The van der Waals surface area contributed by atoms with E-state index < -0.39 is 0 Å². The Kier molecular flexibility index (Phi) is 4.92. The van der Waals surface area contributed by atoms with E-state index in [1.165, 1.54) is 11.9 Å². The van der Waals surface area contributed by atoms with E-state index in [0.29, 0.717) is 0 Å². The fourth-order valence-electron chi connectivity index (χ4n) is 2.70. The van der Waals surface area contributed by atoms with Crippen LogP contribution in [0, 0.1) is 0 Å². The third-order valence-electron chi connectivity index (χ3n) is 3.81. The fourth-order valence-corrected chi connectivity index (χ4v) is 2.70. The van der Waals surface area contributed by atoms with Gasteiger partial charge in [-0.25, -0.2) is 4.98 Å². The van der Waals surface area contributed by atoms with Crippen LogP contribution in [-0.2, 0) is 17.7 Å². The summed E-state index contributed by atoms with van der Waals surface area (Å²) in [5.74, 6) is 0. The summed E-state index contributed by atoms with van der Waals surface area (Å²) in [6.45, 7) is 3.48. The van der Waals surface area contributed by atoms with Gasteiger partial charge in [0.25, 0.3) is 5.56 Å². The van der Waals surface area contributed by atoms with Crippen molar-refractivity contribution in [3.63, 3.8) is 0 Å². The largest absolute Gasteiger partial charge is 0.376 e. The van der Waals surface area contributed by atoms with E-state index in [4.69, 9.17) is 4.74 Å². The van der Waals surface area contributed by atoms with E-state index in [1.807, 2.05) is 12.3 Å². The zero-order chi connectivity index (χ0) is 15.2. The molecule has 0 bridgehead atoms. The van der Waals surface area contributed by atoms with Gasteiger partial charge in [0, 0.05) is 43.8 Å². The molecule has 6 heteroatoms. The van der Waals surface area contributed by atoms with Crippen LogP contribution in [0.1, 0.15) is 17.7 Å². The number of rotatable bonds is 5. The first-order valence-corrected chi connectivity index (χ1v) is 7.56. The summed E-state index contributed by atoms with van der Waals surface area (Å²) in [5, 5.41) is 0. The second-order valence-electron chi connectivity index (χ2n) is 5.53. The zero-order valence-electron chi connectivity index (χ0n) is 12.4. The van der Waals surface area contributed by atoms with E-state index in [2.05, 4.69) is 25.9 Å². The lowest BCUT2D eigenvalue weighted by atomic mass is 10.1. The summed E-state index contributed by atoms with van der Waals surface area (Å²) < 4.78 is 5.83. The number of nitrogens with one attached hydrogen (secondary N) is 1. The Bertz CT molecular complexity index is 644. The van der Waals surface area contributed by atoms with Crippen LogP contribution in [0.3, 0.4) is 0 Å². The molecule has 1 fully saturated rings. The predicted molar refractivity (Wildman–Crippen MR) is 82.4 cm³/mol. The van der Waals surface area contributed by atoms with E-state index in [1.54, 1.807) is 12.3 Å². The van der Waals surface area contributed by atoms with Gasteiger partial charge < -0.3 is 9.72 Å². The highest BCUT2D eigenvalue weighted by Gasteiger charge is 2.20. The zero-order valence-corrected chi connectivity index (χ0v) is 12.4. The topological polar surface area (TPSA) is 71.1 Å². The SMILES string of the molecule is O=c1cc(CC[C@H]2CN(Cc3cccnc3)CCO2)nc[nH]1. The maximum atomic E-state index is 11.3. The van der Waals surface area contributed by atoms with Gasteiger partial charge in [0.15, 0.2) is 0 Å². The minimum Gasteiger partial charge on any atom is -0.376 e. The van der Waals surface area contributed by atoms with Gasteiger partial charge in [-0.2, -0.15) is 0 Å². The van der Waals surface area contributed by atoms with Gasteiger partial charge in [0.2, 0.25) is 0 Å². The maximum absolute atomic E-state index is 11.3. The van der Waals surface area contributed by atoms with Gasteiger partial charge in [-0.15, -0.1) is 0 Å². The van der Waals surface area contributed by atoms with Crippen LogP contribution in [-0.4, -0.2) is 45.7 Å². The highest BCUT2D eigenvalue weighted by atomic mass is 16.5. The smallest absolute Gasteiger partial charge is 0.250 e. The molecule has 0 aromatic carbocycles. The number of hydrogen-bond acceptors (Lipinski definition) is 5. The highest BCUT2D eigenvalue weighted by molar-refractivity contribution is 5.08. The van der Waals surface area contributed by atoms with Crippen LogP contribution in [0.5, 0.6) is 0 Å². The van der Waals surface area contributed by atoms with Crippen LogP contribution in [0.25, 0.3) is 0 Å². The van der Waals surface area contributed by atoms with E-state index in [-0.39, 0.29) is 11.7 Å². The molecular weight excluding hydrogens is 280 g/mol. The molecule has 0 unspecified atom stereocenters. The Labute approximate surface area is 129 Å². The Morgan fingerprint density at radius 2 is 2.41 bits per heavy atom. The molecule has 1 saturated heterocycles. The number of ether oxygens (including phenoxy) is 1. The summed E-state index contributed by atoms with van der Waals surface area (Å²) >= 11 is 0. The first-order valence-electron chi connectivity index (χ1n) is 7.56. The molecule has 1 atom stereocenters. The molecule has 6 nitrogen and oxygen atoms in total. The number of nitrogens with zero attached hydrogens (tertiary/aromatic N) is 3. The van der Waals surface area contributed by atoms with Crippen molar-refractivity contribution in [2.24, 2.45) is 0 Å². The average Bonchev–Trinajstić information content (AvgIpc) is 2.54. The summed E-state index contributed by atoms with van der Waals surface area (Å²) in [6.07, 6.45) is 6.97. The molecule has 0 aliphatic carbocycles. The lowest BCUT2D eigenvalue weighted by molar-refractivity contribution is -0.0347. The Balaban J connectivity index is 1.51. The Morgan fingerprint density at radius 1 is 1.45 bits per heavy atom. The fraction of sp³-hybridized carbons (Fsp3) is 0.438. The number of aromatic nitrogens is 3. The van der Waals surface area contributed by atoms with Crippen LogP contribution in [0.2, 0.25) is 0 Å². The van der Waals surface area contributed by atoms with Crippen molar-refractivity contribution in [1.29, 1.82) is 0 Å². The van der Waals surface area contributed by atoms with Gasteiger partial charge in [-0.1, -0.05) is 6.07 Å². The van der Waals surface area contributed by atoms with Crippen molar-refractivity contribution >= 4 is 0 Å². The molecule has 0 saturated carbocycles. The molecule has 3 heterocycles. The number of aromatic amines is 1. The van der Waals surface area contributed by atoms with Crippen molar-refractivity contribution in [2.45, 2.75) is 25.5 Å². The molecule has 1 aliphatic rings. The minimum absolute atomic E-state index is 0.104. The van der Waals surface area contributed by atoms with Crippen LogP contribution < -0.4 is 5.56 Å². The standard InChI is InChI=1S/C16H20N4O2/c21-16-8-14(18-12-19-16)3-4-15-11-20(6-7-22-15)10-13-2-1-5-17-9-13/h1-2,5,8-9,12,15H,3-4,6-7,10-11H2,(H,18,19,21)/t15-/m0/s1. The summed E-state index contributed by atoms with van der Waals surface area (Å²) in [6, 6.07) is 5.61. The van der Waals surface area contributed by atoms with Gasteiger partial charge >= 0.3 is 0 Å². The third-order valence-corrected chi connectivity index (χ3v) is 3.81. The second kappa shape index (κ2) is 7.29. The average molecular weight is 300 g/mol. The lowest BCUT2D eigenvalue weighted by Gasteiger charge is -2.32. The van der Waals surface area contributed by atoms with E-state index in [0.717, 1.165) is 44.8 Å². The normalized spacial score (nSPS) is 19.2. The molecular formula is C16H20N4O2. The van der Waals surface area contributed by atoms with Crippen molar-refractivity contribution in [1.82, 2.24) is 19.9 Å². The molecule has 2 aromatic rings.